The molecule has 3 aromatic rings. The highest BCUT2D eigenvalue weighted by Crippen LogP contribution is 2.19. The number of nitrogens with one attached hydrogen (secondary N) is 2. The molecule has 0 radical (unpaired) electrons. The Morgan fingerprint density at radius 1 is 1.00 bits per heavy atom. The number of hydrazine groups is 1. The summed E-state index contributed by atoms with van der Waals surface area (Å²) in [6, 6.07) is 15.6. The van der Waals surface area contributed by atoms with E-state index < -0.39 is 11.8 Å². The Morgan fingerprint density at radius 2 is 1.67 bits per heavy atom. The van der Waals surface area contributed by atoms with Crippen molar-refractivity contribution in [3.8, 4) is 5.75 Å². The van der Waals surface area contributed by atoms with Crippen molar-refractivity contribution in [1.82, 2.24) is 15.4 Å². The monoisotopic (exact) mass is 323 g/mol. The van der Waals surface area contributed by atoms with Crippen LogP contribution in [0.5, 0.6) is 5.75 Å². The first-order chi connectivity index (χ1) is 11.6. The normalized spacial score (nSPS) is 10.5. The van der Waals surface area contributed by atoms with Gasteiger partial charge in [-0.25, -0.2) is 0 Å². The lowest BCUT2D eigenvalue weighted by Gasteiger charge is -2.10. The number of para-hydroxylation sites is 2. The van der Waals surface area contributed by atoms with E-state index in [-0.39, 0.29) is 11.3 Å². The zero-order chi connectivity index (χ0) is 17.1. The third kappa shape index (κ3) is 2.81. The minimum absolute atomic E-state index is 0.0915. The van der Waals surface area contributed by atoms with Crippen LogP contribution in [0.25, 0.3) is 10.9 Å². The Balaban J connectivity index is 1.78. The zero-order valence-corrected chi connectivity index (χ0v) is 13.1. The summed E-state index contributed by atoms with van der Waals surface area (Å²) in [5.41, 5.74) is 6.21. The summed E-state index contributed by atoms with van der Waals surface area (Å²) >= 11 is 0. The molecule has 24 heavy (non-hydrogen) atoms. The van der Waals surface area contributed by atoms with Crippen LogP contribution in [0, 0.1) is 0 Å². The summed E-state index contributed by atoms with van der Waals surface area (Å²) in [5.74, 6) is -1.15. The molecule has 0 atom stereocenters. The van der Waals surface area contributed by atoms with Gasteiger partial charge in [-0.1, -0.05) is 30.3 Å². The maximum absolute atomic E-state index is 12.4. The van der Waals surface area contributed by atoms with E-state index in [0.717, 1.165) is 10.9 Å². The number of carbonyl (C=O) groups excluding carboxylic acids is 2. The molecule has 2 aromatic carbocycles. The van der Waals surface area contributed by atoms with Crippen molar-refractivity contribution in [3.63, 3.8) is 0 Å². The van der Waals surface area contributed by atoms with Crippen molar-refractivity contribution in [3.05, 3.63) is 65.9 Å². The molecule has 2 amide bonds. The maximum Gasteiger partial charge on any atom is 0.286 e. The second kappa shape index (κ2) is 6.45. The van der Waals surface area contributed by atoms with Crippen molar-refractivity contribution < 1.29 is 14.7 Å². The molecule has 0 saturated carbocycles. The molecule has 1 heterocycles. The molecule has 3 N–H and O–H groups in total. The van der Waals surface area contributed by atoms with Gasteiger partial charge in [0, 0.05) is 17.4 Å². The second-order valence-electron chi connectivity index (χ2n) is 5.26. The van der Waals surface area contributed by atoms with Crippen LogP contribution in [0.1, 0.15) is 27.8 Å². The lowest BCUT2D eigenvalue weighted by atomic mass is 10.2. The van der Waals surface area contributed by atoms with Gasteiger partial charge in [-0.2, -0.15) is 0 Å². The van der Waals surface area contributed by atoms with E-state index in [1.54, 1.807) is 18.2 Å². The van der Waals surface area contributed by atoms with Gasteiger partial charge in [0.2, 0.25) is 0 Å². The van der Waals surface area contributed by atoms with Crippen molar-refractivity contribution in [1.29, 1.82) is 0 Å². The van der Waals surface area contributed by atoms with Crippen LogP contribution >= 0.6 is 0 Å². The van der Waals surface area contributed by atoms with Crippen molar-refractivity contribution >= 4 is 22.7 Å². The molecule has 0 fully saturated rings. The van der Waals surface area contributed by atoms with Crippen LogP contribution < -0.4 is 10.9 Å². The van der Waals surface area contributed by atoms with Gasteiger partial charge in [-0.15, -0.1) is 0 Å². The van der Waals surface area contributed by atoms with E-state index in [2.05, 4.69) is 10.9 Å². The van der Waals surface area contributed by atoms with Gasteiger partial charge in [0.25, 0.3) is 11.8 Å². The lowest BCUT2D eigenvalue weighted by Crippen LogP contribution is -2.42. The van der Waals surface area contributed by atoms with E-state index >= 15 is 0 Å². The van der Waals surface area contributed by atoms with E-state index in [9.17, 15) is 14.7 Å². The summed E-state index contributed by atoms with van der Waals surface area (Å²) in [4.78, 5) is 24.4. The summed E-state index contributed by atoms with van der Waals surface area (Å²) in [5, 5.41) is 10.6. The van der Waals surface area contributed by atoms with Crippen LogP contribution in [-0.2, 0) is 6.54 Å². The predicted octanol–water partition coefficient (Wildman–Crippen LogP) is 2.44. The number of carbonyl (C=O) groups is 2. The molecule has 0 aliphatic rings. The summed E-state index contributed by atoms with van der Waals surface area (Å²) in [6.45, 7) is 2.58. The predicted molar refractivity (Wildman–Crippen MR) is 90.7 cm³/mol. The highest BCUT2D eigenvalue weighted by molar-refractivity contribution is 6.02. The largest absolute Gasteiger partial charge is 0.507 e. The molecule has 122 valence electrons. The van der Waals surface area contributed by atoms with Crippen LogP contribution in [0.3, 0.4) is 0 Å². The Labute approximate surface area is 138 Å². The van der Waals surface area contributed by atoms with Gasteiger partial charge in [0.15, 0.2) is 0 Å². The van der Waals surface area contributed by atoms with E-state index in [1.807, 2.05) is 35.8 Å². The summed E-state index contributed by atoms with van der Waals surface area (Å²) in [6.07, 6.45) is 0. The number of hydrogen-bond donors (Lipinski definition) is 3. The average molecular weight is 323 g/mol. The lowest BCUT2D eigenvalue weighted by molar-refractivity contribution is 0.0840. The molecule has 6 nitrogen and oxygen atoms in total. The maximum atomic E-state index is 12.4. The van der Waals surface area contributed by atoms with Gasteiger partial charge in [0.05, 0.1) is 5.56 Å². The number of amides is 2. The second-order valence-corrected chi connectivity index (χ2v) is 5.26. The minimum atomic E-state index is -0.583. The fraction of sp³-hybridized carbons (Fsp3) is 0.111. The fourth-order valence-corrected chi connectivity index (χ4v) is 2.65. The number of nitrogens with zero attached hydrogens (tertiary/aromatic N) is 1. The van der Waals surface area contributed by atoms with Crippen molar-refractivity contribution in [2.24, 2.45) is 0 Å². The number of aromatic hydroxyl groups is 1. The molecule has 1 aromatic heterocycles. The van der Waals surface area contributed by atoms with Gasteiger partial charge in [-0.05, 0) is 31.2 Å². The fourth-order valence-electron chi connectivity index (χ4n) is 2.65. The molecular weight excluding hydrogens is 306 g/mol. The van der Waals surface area contributed by atoms with E-state index in [4.69, 9.17) is 0 Å². The third-order valence-corrected chi connectivity index (χ3v) is 3.80. The third-order valence-electron chi connectivity index (χ3n) is 3.80. The number of phenols is 1. The number of aryl methyl sites for hydroxylation is 1. The zero-order valence-electron chi connectivity index (χ0n) is 13.1. The SMILES string of the molecule is CCn1c(C(=O)NNC(=O)c2ccccc2O)cc2ccccc21. The van der Waals surface area contributed by atoms with Crippen LogP contribution in [0.15, 0.2) is 54.6 Å². The van der Waals surface area contributed by atoms with Crippen molar-refractivity contribution in [2.45, 2.75) is 13.5 Å². The quantitative estimate of drug-likeness (QED) is 0.647. The number of phenolic OH excluding ortho intramolecular Hbond substituents is 1. The Hall–Kier alpha value is -3.28. The van der Waals surface area contributed by atoms with Crippen molar-refractivity contribution in [2.75, 3.05) is 0 Å². The number of fused-ring (bicyclic) bond motifs is 1. The first kappa shape index (κ1) is 15.6. The molecule has 0 saturated heterocycles. The molecule has 0 spiro atoms. The molecule has 0 aliphatic carbocycles. The Bertz CT molecular complexity index is 915. The molecule has 3 rings (SSSR count). The highest BCUT2D eigenvalue weighted by atomic mass is 16.3. The number of hydrogen-bond acceptors (Lipinski definition) is 3. The summed E-state index contributed by atoms with van der Waals surface area (Å²) in [7, 11) is 0. The van der Waals surface area contributed by atoms with Gasteiger partial charge in [-0.3, -0.25) is 20.4 Å². The van der Waals surface area contributed by atoms with Gasteiger partial charge in [0.1, 0.15) is 11.4 Å². The highest BCUT2D eigenvalue weighted by Gasteiger charge is 2.16. The summed E-state index contributed by atoms with van der Waals surface area (Å²) < 4.78 is 1.87. The molecule has 0 aliphatic heterocycles. The van der Waals surface area contributed by atoms with Crippen LogP contribution in [0.4, 0.5) is 0 Å². The number of benzene rings is 2. The molecular formula is C18H17N3O3. The van der Waals surface area contributed by atoms with Gasteiger partial charge >= 0.3 is 0 Å². The smallest absolute Gasteiger partial charge is 0.286 e. The van der Waals surface area contributed by atoms with Gasteiger partial charge < -0.3 is 9.67 Å². The average Bonchev–Trinajstić information content (AvgIpc) is 2.98. The number of aromatic nitrogens is 1. The Morgan fingerprint density at radius 3 is 2.42 bits per heavy atom. The molecule has 0 bridgehead atoms. The standard InChI is InChI=1S/C18H17N3O3/c1-2-21-14-9-5-3-7-12(14)11-15(21)18(24)20-19-17(23)13-8-4-6-10-16(13)22/h3-11,22H,2H2,1H3,(H,19,23)(H,20,24). The van der Waals surface area contributed by atoms with E-state index in [1.165, 1.54) is 12.1 Å². The number of rotatable bonds is 3. The Kier molecular flexibility index (Phi) is 4.20. The van der Waals surface area contributed by atoms with E-state index in [0.29, 0.717) is 12.2 Å². The topological polar surface area (TPSA) is 83.4 Å². The van der Waals surface area contributed by atoms with Crippen LogP contribution in [-0.4, -0.2) is 21.5 Å². The first-order valence-corrected chi connectivity index (χ1v) is 7.58. The molecule has 0 unspecified atom stereocenters. The molecule has 6 heteroatoms. The first-order valence-electron chi connectivity index (χ1n) is 7.58. The minimum Gasteiger partial charge on any atom is -0.507 e. The van der Waals surface area contributed by atoms with Crippen LogP contribution in [0.2, 0.25) is 0 Å².